The quantitative estimate of drug-likeness (QED) is 0.881. The standard InChI is InChI=1S/C19H29N5O/c25-19(22-16-9-14-23-11-4-2-5-17(16)23)21-15-7-12-24(13-8-15)18-6-1-3-10-20-18/h1,3,6,10,15-17H,2,4-5,7-9,11-14H2,(H2,21,22,25)/t16-,17+/m0/s1. The van der Waals surface area contributed by atoms with Crippen molar-refractivity contribution < 1.29 is 4.79 Å². The molecule has 6 heteroatoms. The van der Waals surface area contributed by atoms with Gasteiger partial charge in [0.2, 0.25) is 0 Å². The van der Waals surface area contributed by atoms with E-state index in [0.717, 1.165) is 44.7 Å². The van der Waals surface area contributed by atoms with Crippen LogP contribution in [-0.2, 0) is 0 Å². The highest BCUT2D eigenvalue weighted by Gasteiger charge is 2.36. The highest BCUT2D eigenvalue weighted by atomic mass is 16.2. The van der Waals surface area contributed by atoms with E-state index in [1.54, 1.807) is 0 Å². The second-order valence-electron chi connectivity index (χ2n) is 7.56. The summed E-state index contributed by atoms with van der Waals surface area (Å²) in [5.41, 5.74) is 0. The molecule has 0 aromatic carbocycles. The van der Waals surface area contributed by atoms with Crippen molar-refractivity contribution in [2.24, 2.45) is 0 Å². The van der Waals surface area contributed by atoms with Crippen LogP contribution in [0, 0.1) is 0 Å². The van der Waals surface area contributed by atoms with Crippen LogP contribution < -0.4 is 15.5 Å². The fourth-order valence-electron chi connectivity index (χ4n) is 4.60. The Bertz CT molecular complexity index is 572. The number of pyridine rings is 1. The molecule has 4 heterocycles. The number of urea groups is 1. The molecule has 2 N–H and O–H groups in total. The minimum absolute atomic E-state index is 0.0220. The van der Waals surface area contributed by atoms with E-state index in [1.807, 2.05) is 18.3 Å². The lowest BCUT2D eigenvalue weighted by atomic mass is 9.99. The molecule has 0 aliphatic carbocycles. The summed E-state index contributed by atoms with van der Waals surface area (Å²) in [5.74, 6) is 1.04. The van der Waals surface area contributed by atoms with Crippen LogP contribution in [0.1, 0.15) is 38.5 Å². The van der Waals surface area contributed by atoms with Crippen molar-refractivity contribution in [2.45, 2.75) is 56.7 Å². The molecule has 136 valence electrons. The number of fused-ring (bicyclic) bond motifs is 1. The lowest BCUT2D eigenvalue weighted by molar-refractivity contribution is 0.178. The van der Waals surface area contributed by atoms with Crippen LogP contribution >= 0.6 is 0 Å². The number of hydrogen-bond acceptors (Lipinski definition) is 4. The molecule has 3 saturated heterocycles. The van der Waals surface area contributed by atoms with Crippen LogP contribution in [0.5, 0.6) is 0 Å². The molecular weight excluding hydrogens is 314 g/mol. The molecule has 25 heavy (non-hydrogen) atoms. The molecule has 3 aliphatic heterocycles. The van der Waals surface area contributed by atoms with Crippen molar-refractivity contribution in [3.05, 3.63) is 24.4 Å². The molecule has 0 radical (unpaired) electrons. The van der Waals surface area contributed by atoms with Crippen LogP contribution in [0.2, 0.25) is 0 Å². The van der Waals surface area contributed by atoms with E-state index in [4.69, 9.17) is 0 Å². The van der Waals surface area contributed by atoms with Gasteiger partial charge in [0.1, 0.15) is 5.82 Å². The molecule has 1 aromatic heterocycles. The molecule has 1 aromatic rings. The number of nitrogens with zero attached hydrogens (tertiary/aromatic N) is 3. The average Bonchev–Trinajstić information content (AvgIpc) is 3.06. The van der Waals surface area contributed by atoms with Gasteiger partial charge in [-0.3, -0.25) is 4.90 Å². The van der Waals surface area contributed by atoms with Gasteiger partial charge in [-0.25, -0.2) is 9.78 Å². The summed E-state index contributed by atoms with van der Waals surface area (Å²) in [4.78, 5) is 21.7. The number of piperidine rings is 2. The monoisotopic (exact) mass is 343 g/mol. The summed E-state index contributed by atoms with van der Waals surface area (Å²) in [6.45, 7) is 4.23. The predicted octanol–water partition coefficient (Wildman–Crippen LogP) is 1.98. The van der Waals surface area contributed by atoms with Gasteiger partial charge in [-0.1, -0.05) is 12.5 Å². The first-order chi connectivity index (χ1) is 12.3. The second-order valence-corrected chi connectivity index (χ2v) is 7.56. The van der Waals surface area contributed by atoms with Gasteiger partial charge in [0.15, 0.2) is 0 Å². The Morgan fingerprint density at radius 3 is 2.68 bits per heavy atom. The van der Waals surface area contributed by atoms with E-state index < -0.39 is 0 Å². The van der Waals surface area contributed by atoms with Crippen molar-refractivity contribution in [2.75, 3.05) is 31.1 Å². The van der Waals surface area contributed by atoms with Crippen LogP contribution in [0.25, 0.3) is 0 Å². The maximum Gasteiger partial charge on any atom is 0.315 e. The molecule has 6 nitrogen and oxygen atoms in total. The summed E-state index contributed by atoms with van der Waals surface area (Å²) in [6.07, 6.45) is 8.72. The van der Waals surface area contributed by atoms with Crippen molar-refractivity contribution in [1.29, 1.82) is 0 Å². The van der Waals surface area contributed by atoms with Gasteiger partial charge < -0.3 is 15.5 Å². The Morgan fingerprint density at radius 1 is 1.00 bits per heavy atom. The summed E-state index contributed by atoms with van der Waals surface area (Å²) in [5, 5.41) is 6.45. The van der Waals surface area contributed by atoms with E-state index >= 15 is 0 Å². The zero-order chi connectivity index (χ0) is 17.1. The molecule has 4 rings (SSSR count). The van der Waals surface area contributed by atoms with E-state index in [0.29, 0.717) is 12.1 Å². The zero-order valence-corrected chi connectivity index (χ0v) is 14.9. The number of anilines is 1. The van der Waals surface area contributed by atoms with Crippen molar-refractivity contribution in [3.63, 3.8) is 0 Å². The van der Waals surface area contributed by atoms with Crippen molar-refractivity contribution >= 4 is 11.8 Å². The smallest absolute Gasteiger partial charge is 0.315 e. The number of nitrogens with one attached hydrogen (secondary N) is 2. The van der Waals surface area contributed by atoms with Gasteiger partial charge in [0.05, 0.1) is 0 Å². The van der Waals surface area contributed by atoms with Crippen LogP contribution in [0.15, 0.2) is 24.4 Å². The van der Waals surface area contributed by atoms with Crippen LogP contribution in [-0.4, -0.2) is 60.2 Å². The highest BCUT2D eigenvalue weighted by Crippen LogP contribution is 2.27. The third kappa shape index (κ3) is 3.89. The Balaban J connectivity index is 1.23. The third-order valence-electron chi connectivity index (χ3n) is 5.98. The van der Waals surface area contributed by atoms with E-state index in [-0.39, 0.29) is 12.1 Å². The van der Waals surface area contributed by atoms with Gasteiger partial charge in [-0.05, 0) is 50.8 Å². The van der Waals surface area contributed by atoms with Gasteiger partial charge in [0.25, 0.3) is 0 Å². The SMILES string of the molecule is O=C(NC1CCN(c2ccccn2)CC1)N[C@H]1CCN2CCCC[C@H]12. The minimum Gasteiger partial charge on any atom is -0.356 e. The number of amides is 2. The van der Waals surface area contributed by atoms with Gasteiger partial charge in [-0.15, -0.1) is 0 Å². The highest BCUT2D eigenvalue weighted by molar-refractivity contribution is 5.74. The van der Waals surface area contributed by atoms with Crippen LogP contribution in [0.4, 0.5) is 10.6 Å². The Kier molecular flexibility index (Phi) is 5.06. The number of carbonyl (C=O) groups is 1. The maximum atomic E-state index is 12.4. The largest absolute Gasteiger partial charge is 0.356 e. The van der Waals surface area contributed by atoms with E-state index in [9.17, 15) is 4.79 Å². The molecule has 2 atom stereocenters. The first-order valence-electron chi connectivity index (χ1n) is 9.76. The third-order valence-corrected chi connectivity index (χ3v) is 5.98. The molecule has 2 amide bonds. The number of rotatable bonds is 3. The number of aromatic nitrogens is 1. The van der Waals surface area contributed by atoms with Gasteiger partial charge in [0, 0.05) is 44.0 Å². The molecule has 0 bridgehead atoms. The van der Waals surface area contributed by atoms with Crippen molar-refractivity contribution in [3.8, 4) is 0 Å². The molecule has 3 aliphatic rings. The number of hydrogen-bond donors (Lipinski definition) is 2. The summed E-state index contributed by atoms with van der Waals surface area (Å²) in [6, 6.07) is 7.20. The Morgan fingerprint density at radius 2 is 1.88 bits per heavy atom. The first-order valence-corrected chi connectivity index (χ1v) is 9.76. The first kappa shape index (κ1) is 16.6. The lowest BCUT2D eigenvalue weighted by Gasteiger charge is -2.34. The minimum atomic E-state index is 0.0220. The second kappa shape index (κ2) is 7.60. The lowest BCUT2D eigenvalue weighted by Crippen LogP contribution is -2.53. The zero-order valence-electron chi connectivity index (χ0n) is 14.9. The number of carbonyl (C=O) groups excluding carboxylic acids is 1. The predicted molar refractivity (Wildman–Crippen MR) is 98.8 cm³/mol. The molecular formula is C19H29N5O. The fraction of sp³-hybridized carbons (Fsp3) is 0.684. The molecule has 3 fully saturated rings. The molecule has 0 spiro atoms. The molecule has 0 unspecified atom stereocenters. The maximum absolute atomic E-state index is 12.4. The van der Waals surface area contributed by atoms with Crippen LogP contribution in [0.3, 0.4) is 0 Å². The topological polar surface area (TPSA) is 60.5 Å². The van der Waals surface area contributed by atoms with Gasteiger partial charge >= 0.3 is 6.03 Å². The molecule has 0 saturated carbocycles. The Hall–Kier alpha value is -1.82. The summed E-state index contributed by atoms with van der Waals surface area (Å²) >= 11 is 0. The average molecular weight is 343 g/mol. The van der Waals surface area contributed by atoms with Gasteiger partial charge in [-0.2, -0.15) is 0 Å². The Labute approximate surface area is 150 Å². The van der Waals surface area contributed by atoms with E-state index in [2.05, 4.69) is 31.5 Å². The summed E-state index contributed by atoms with van der Waals surface area (Å²) in [7, 11) is 0. The van der Waals surface area contributed by atoms with E-state index in [1.165, 1.54) is 25.8 Å². The summed E-state index contributed by atoms with van der Waals surface area (Å²) < 4.78 is 0. The normalized spacial score (nSPS) is 27.8. The van der Waals surface area contributed by atoms with Crippen molar-refractivity contribution in [1.82, 2.24) is 20.5 Å². The fourth-order valence-corrected chi connectivity index (χ4v) is 4.60.